The Morgan fingerprint density at radius 3 is 2.93 bits per heavy atom. The Balaban J connectivity index is 2.03. The zero-order valence-corrected chi connectivity index (χ0v) is 8.21. The van der Waals surface area contributed by atoms with Crippen molar-refractivity contribution in [2.75, 3.05) is 5.32 Å². The van der Waals surface area contributed by atoms with Crippen molar-refractivity contribution in [2.24, 2.45) is 5.73 Å². The molecule has 5 nitrogen and oxygen atoms in total. The summed E-state index contributed by atoms with van der Waals surface area (Å²) in [6.07, 6.45) is 3.15. The van der Waals surface area contributed by atoms with Gasteiger partial charge in [0.05, 0.1) is 6.20 Å². The van der Waals surface area contributed by atoms with Gasteiger partial charge in [0, 0.05) is 12.1 Å². The third-order valence-corrected chi connectivity index (χ3v) is 2.54. The van der Waals surface area contributed by atoms with E-state index in [9.17, 15) is 4.79 Å². The fraction of sp³-hybridized carbons (Fsp3) is 0.500. The van der Waals surface area contributed by atoms with Gasteiger partial charge in [0.2, 0.25) is 5.95 Å². The quantitative estimate of drug-likeness (QED) is 0.662. The van der Waals surface area contributed by atoms with Crippen molar-refractivity contribution < 1.29 is 0 Å². The number of H-pyrrole nitrogens is 1. The van der Waals surface area contributed by atoms with E-state index in [1.54, 1.807) is 0 Å². The molecule has 1 saturated carbocycles. The summed E-state index contributed by atoms with van der Waals surface area (Å²) < 4.78 is 0. The van der Waals surface area contributed by atoms with Gasteiger partial charge >= 0.3 is 0 Å². The number of anilines is 1. The van der Waals surface area contributed by atoms with E-state index in [0.717, 1.165) is 12.8 Å². The Morgan fingerprint density at radius 2 is 2.36 bits per heavy atom. The van der Waals surface area contributed by atoms with Crippen LogP contribution in [0.1, 0.15) is 12.8 Å². The van der Waals surface area contributed by atoms with Crippen molar-refractivity contribution in [1.82, 2.24) is 9.97 Å². The van der Waals surface area contributed by atoms with Gasteiger partial charge in [-0.1, -0.05) is 11.6 Å². The molecule has 0 bridgehead atoms. The molecule has 1 aliphatic carbocycles. The number of hydrogen-bond acceptors (Lipinski definition) is 4. The van der Waals surface area contributed by atoms with E-state index in [1.165, 1.54) is 6.20 Å². The molecule has 0 aromatic carbocycles. The number of hydrogen-bond donors (Lipinski definition) is 3. The van der Waals surface area contributed by atoms with Crippen LogP contribution in [0.15, 0.2) is 11.0 Å². The van der Waals surface area contributed by atoms with Gasteiger partial charge in [-0.05, 0) is 12.8 Å². The van der Waals surface area contributed by atoms with Crippen LogP contribution >= 0.6 is 11.6 Å². The maximum atomic E-state index is 11.1. The minimum atomic E-state index is -0.326. The molecule has 76 valence electrons. The highest BCUT2D eigenvalue weighted by Crippen LogP contribution is 2.20. The molecule has 2 rings (SSSR count). The summed E-state index contributed by atoms with van der Waals surface area (Å²) in [6, 6.07) is 0.584. The van der Waals surface area contributed by atoms with Gasteiger partial charge in [0.1, 0.15) is 5.02 Å². The van der Waals surface area contributed by atoms with Gasteiger partial charge in [-0.3, -0.25) is 9.78 Å². The minimum Gasteiger partial charge on any atom is -0.353 e. The zero-order chi connectivity index (χ0) is 10.1. The molecule has 6 heteroatoms. The first-order valence-electron chi connectivity index (χ1n) is 4.42. The van der Waals surface area contributed by atoms with Crippen molar-refractivity contribution in [1.29, 1.82) is 0 Å². The number of nitrogens with one attached hydrogen (secondary N) is 2. The summed E-state index contributed by atoms with van der Waals surface area (Å²) in [7, 11) is 0. The molecular formula is C8H11ClN4O. The largest absolute Gasteiger partial charge is 0.353 e. The smallest absolute Gasteiger partial charge is 0.271 e. The first kappa shape index (κ1) is 9.48. The third-order valence-electron chi connectivity index (χ3n) is 2.27. The summed E-state index contributed by atoms with van der Waals surface area (Å²) in [5.74, 6) is 0.455. The monoisotopic (exact) mass is 214 g/mol. The summed E-state index contributed by atoms with van der Waals surface area (Å²) in [5.41, 5.74) is 5.30. The van der Waals surface area contributed by atoms with Gasteiger partial charge in [0.25, 0.3) is 5.56 Å². The number of nitrogens with zero attached hydrogens (tertiary/aromatic N) is 1. The molecule has 0 saturated heterocycles. The normalized spacial score (nSPS) is 25.6. The average molecular weight is 215 g/mol. The standard InChI is InChI=1S/C8H11ClN4O/c9-6-3-11-8(13-7(6)14)12-5-1-4(10)2-5/h3-5H,1-2,10H2,(H2,11,12,13,14). The molecule has 1 aromatic rings. The van der Waals surface area contributed by atoms with Crippen LogP contribution in [-0.4, -0.2) is 22.1 Å². The van der Waals surface area contributed by atoms with E-state index >= 15 is 0 Å². The van der Waals surface area contributed by atoms with E-state index in [4.69, 9.17) is 17.3 Å². The molecule has 0 radical (unpaired) electrons. The Bertz CT molecular complexity index is 385. The number of aromatic amines is 1. The van der Waals surface area contributed by atoms with Crippen LogP contribution in [0.25, 0.3) is 0 Å². The molecule has 0 amide bonds. The van der Waals surface area contributed by atoms with Crippen LogP contribution in [0.5, 0.6) is 0 Å². The second-order valence-corrected chi connectivity index (χ2v) is 3.89. The van der Waals surface area contributed by atoms with Crippen LogP contribution in [0.4, 0.5) is 5.95 Å². The van der Waals surface area contributed by atoms with Gasteiger partial charge in [-0.15, -0.1) is 0 Å². The van der Waals surface area contributed by atoms with Crippen molar-refractivity contribution in [3.8, 4) is 0 Å². The lowest BCUT2D eigenvalue weighted by atomic mass is 9.88. The van der Waals surface area contributed by atoms with Crippen LogP contribution in [0, 0.1) is 0 Å². The van der Waals surface area contributed by atoms with E-state index in [0.29, 0.717) is 12.0 Å². The minimum absolute atomic E-state index is 0.0980. The molecule has 0 unspecified atom stereocenters. The van der Waals surface area contributed by atoms with Crippen LogP contribution < -0.4 is 16.6 Å². The van der Waals surface area contributed by atoms with Gasteiger partial charge in [0.15, 0.2) is 0 Å². The van der Waals surface area contributed by atoms with Crippen molar-refractivity contribution >= 4 is 17.5 Å². The molecular weight excluding hydrogens is 204 g/mol. The second-order valence-electron chi connectivity index (χ2n) is 3.48. The molecule has 4 N–H and O–H groups in total. The lowest BCUT2D eigenvalue weighted by Gasteiger charge is -2.32. The van der Waals surface area contributed by atoms with Crippen molar-refractivity contribution in [3.05, 3.63) is 21.6 Å². The summed E-state index contributed by atoms with van der Waals surface area (Å²) in [6.45, 7) is 0. The molecule has 0 aliphatic heterocycles. The highest BCUT2D eigenvalue weighted by atomic mass is 35.5. The number of halogens is 1. The van der Waals surface area contributed by atoms with Gasteiger partial charge < -0.3 is 11.1 Å². The molecule has 1 fully saturated rings. The number of rotatable bonds is 2. The Kier molecular flexibility index (Phi) is 2.43. The summed E-state index contributed by atoms with van der Waals surface area (Å²) in [4.78, 5) is 17.6. The SMILES string of the molecule is NC1CC(Nc2ncc(Cl)c(=O)[nH]2)C1. The highest BCUT2D eigenvalue weighted by Gasteiger charge is 2.25. The highest BCUT2D eigenvalue weighted by molar-refractivity contribution is 6.30. The molecule has 14 heavy (non-hydrogen) atoms. The van der Waals surface area contributed by atoms with Crippen LogP contribution in [-0.2, 0) is 0 Å². The molecule has 1 aliphatic rings. The van der Waals surface area contributed by atoms with Gasteiger partial charge in [-0.25, -0.2) is 4.98 Å². The molecule has 0 atom stereocenters. The molecule has 0 spiro atoms. The van der Waals surface area contributed by atoms with E-state index in [-0.39, 0.29) is 16.6 Å². The van der Waals surface area contributed by atoms with Crippen LogP contribution in [0.2, 0.25) is 5.02 Å². The van der Waals surface area contributed by atoms with Gasteiger partial charge in [-0.2, -0.15) is 0 Å². The Morgan fingerprint density at radius 1 is 1.64 bits per heavy atom. The van der Waals surface area contributed by atoms with Crippen LogP contribution in [0.3, 0.4) is 0 Å². The average Bonchev–Trinajstić information content (AvgIpc) is 2.09. The molecule has 1 heterocycles. The third kappa shape index (κ3) is 1.88. The Labute approximate surface area is 85.7 Å². The maximum absolute atomic E-state index is 11.1. The van der Waals surface area contributed by atoms with Crippen molar-refractivity contribution in [2.45, 2.75) is 24.9 Å². The fourth-order valence-corrected chi connectivity index (χ4v) is 1.52. The van der Waals surface area contributed by atoms with E-state index < -0.39 is 0 Å². The lowest BCUT2D eigenvalue weighted by molar-refractivity contribution is 0.372. The zero-order valence-electron chi connectivity index (χ0n) is 7.46. The maximum Gasteiger partial charge on any atom is 0.271 e. The number of aromatic nitrogens is 2. The van der Waals surface area contributed by atoms with E-state index in [1.807, 2.05) is 0 Å². The topological polar surface area (TPSA) is 83.8 Å². The first-order valence-corrected chi connectivity index (χ1v) is 4.80. The molecule has 1 aromatic heterocycles. The predicted molar refractivity (Wildman–Crippen MR) is 54.5 cm³/mol. The first-order chi connectivity index (χ1) is 6.65. The second kappa shape index (κ2) is 3.59. The lowest BCUT2D eigenvalue weighted by Crippen LogP contribution is -2.44. The predicted octanol–water partition coefficient (Wildman–Crippen LogP) is 0.325. The number of nitrogens with two attached hydrogens (primary N) is 1. The summed E-state index contributed by atoms with van der Waals surface area (Å²) in [5, 5.41) is 3.17. The van der Waals surface area contributed by atoms with Crippen molar-refractivity contribution in [3.63, 3.8) is 0 Å². The van der Waals surface area contributed by atoms with E-state index in [2.05, 4.69) is 15.3 Å². The fourth-order valence-electron chi connectivity index (χ4n) is 1.43. The summed E-state index contributed by atoms with van der Waals surface area (Å²) >= 11 is 5.53. The Hall–Kier alpha value is -1.07.